The maximum absolute atomic E-state index is 2.63. The summed E-state index contributed by atoms with van der Waals surface area (Å²) in [6.45, 7) is 8.68. The Kier molecular flexibility index (Phi) is 1.71. The molecule has 3 rings (SSSR count). The van der Waals surface area contributed by atoms with E-state index in [0.717, 1.165) is 11.3 Å². The van der Waals surface area contributed by atoms with Crippen molar-refractivity contribution >= 4 is 0 Å². The van der Waals surface area contributed by atoms with E-state index in [1.54, 1.807) is 0 Å². The van der Waals surface area contributed by atoms with Crippen molar-refractivity contribution in [2.75, 3.05) is 19.6 Å². The van der Waals surface area contributed by atoms with Gasteiger partial charge in [0.15, 0.2) is 0 Å². The zero-order valence-electron chi connectivity index (χ0n) is 7.77. The normalized spacial score (nSPS) is 43.6. The Morgan fingerprint density at radius 1 is 1.36 bits per heavy atom. The molecule has 2 bridgehead atoms. The minimum Gasteiger partial charge on any atom is -0.303 e. The molecule has 3 fully saturated rings. The van der Waals surface area contributed by atoms with Crippen molar-refractivity contribution in [3.8, 4) is 0 Å². The van der Waals surface area contributed by atoms with Crippen molar-refractivity contribution < 1.29 is 0 Å². The summed E-state index contributed by atoms with van der Waals surface area (Å²) in [5.74, 6) is 1.06. The average molecular weight is 153 g/mol. The lowest BCUT2D eigenvalue weighted by Gasteiger charge is -2.56. The topological polar surface area (TPSA) is 3.24 Å². The van der Waals surface area contributed by atoms with Crippen LogP contribution in [0.5, 0.6) is 0 Å². The van der Waals surface area contributed by atoms with Crippen LogP contribution in [0.25, 0.3) is 0 Å². The molecule has 3 aliphatic rings. The van der Waals surface area contributed by atoms with Gasteiger partial charge in [-0.25, -0.2) is 0 Å². The summed E-state index contributed by atoms with van der Waals surface area (Å²) in [5, 5.41) is 0. The average Bonchev–Trinajstić information content (AvgIpc) is 2.03. The van der Waals surface area contributed by atoms with Crippen molar-refractivity contribution in [2.24, 2.45) is 11.3 Å². The van der Waals surface area contributed by atoms with E-state index < -0.39 is 0 Å². The largest absolute Gasteiger partial charge is 0.303 e. The second kappa shape index (κ2) is 2.48. The second-order valence-corrected chi connectivity index (χ2v) is 4.46. The lowest BCUT2D eigenvalue weighted by molar-refractivity contribution is -0.0610. The van der Waals surface area contributed by atoms with E-state index >= 15 is 0 Å². The van der Waals surface area contributed by atoms with Crippen molar-refractivity contribution in [2.45, 2.75) is 33.1 Å². The smallest absolute Gasteiger partial charge is 0.00381 e. The highest BCUT2D eigenvalue weighted by Gasteiger charge is 2.47. The van der Waals surface area contributed by atoms with E-state index in [0.29, 0.717) is 0 Å². The van der Waals surface area contributed by atoms with Gasteiger partial charge in [-0.15, -0.1) is 0 Å². The van der Waals surface area contributed by atoms with Crippen LogP contribution in [0.2, 0.25) is 0 Å². The maximum Gasteiger partial charge on any atom is 0.00381 e. The van der Waals surface area contributed by atoms with Gasteiger partial charge in [-0.05, 0) is 37.1 Å². The van der Waals surface area contributed by atoms with Crippen LogP contribution in [0.4, 0.5) is 0 Å². The third-order valence-corrected chi connectivity index (χ3v) is 3.72. The van der Waals surface area contributed by atoms with Gasteiger partial charge in [0.2, 0.25) is 0 Å². The van der Waals surface area contributed by atoms with Crippen LogP contribution in [0.1, 0.15) is 33.1 Å². The van der Waals surface area contributed by atoms with Gasteiger partial charge in [-0.1, -0.05) is 13.8 Å². The summed E-state index contributed by atoms with van der Waals surface area (Å²) < 4.78 is 0. The van der Waals surface area contributed by atoms with E-state index in [1.807, 2.05) is 0 Å². The molecule has 0 aromatic rings. The molecular formula is C10H19N. The Hall–Kier alpha value is -0.0400. The number of fused-ring (bicyclic) bond motifs is 2. The fourth-order valence-electron chi connectivity index (χ4n) is 2.97. The maximum atomic E-state index is 2.63. The number of hydrogen-bond acceptors (Lipinski definition) is 1. The molecule has 64 valence electrons. The van der Waals surface area contributed by atoms with E-state index in [2.05, 4.69) is 18.7 Å². The van der Waals surface area contributed by atoms with Crippen molar-refractivity contribution in [3.63, 3.8) is 0 Å². The minimum atomic E-state index is 0.763. The van der Waals surface area contributed by atoms with Gasteiger partial charge in [-0.3, -0.25) is 0 Å². The lowest BCUT2D eigenvalue weighted by Crippen LogP contribution is -2.55. The summed E-state index contributed by atoms with van der Waals surface area (Å²) in [6, 6.07) is 0. The van der Waals surface area contributed by atoms with Gasteiger partial charge in [0, 0.05) is 13.1 Å². The van der Waals surface area contributed by atoms with E-state index in [4.69, 9.17) is 0 Å². The molecule has 2 aliphatic heterocycles. The van der Waals surface area contributed by atoms with Crippen LogP contribution in [0, 0.1) is 11.3 Å². The Morgan fingerprint density at radius 3 is 2.64 bits per heavy atom. The first-order chi connectivity index (χ1) is 5.28. The van der Waals surface area contributed by atoms with Gasteiger partial charge in [0.05, 0.1) is 0 Å². The van der Waals surface area contributed by atoms with E-state index in [9.17, 15) is 0 Å². The Bertz CT molecular complexity index is 144. The Morgan fingerprint density at radius 2 is 2.09 bits per heavy atom. The van der Waals surface area contributed by atoms with Crippen LogP contribution in [-0.2, 0) is 0 Å². The lowest BCUT2D eigenvalue weighted by atomic mass is 9.57. The summed E-state index contributed by atoms with van der Waals surface area (Å²) in [4.78, 5) is 2.63. The van der Waals surface area contributed by atoms with Crippen LogP contribution < -0.4 is 0 Å². The molecule has 0 spiro atoms. The molecule has 1 nitrogen and oxygen atoms in total. The molecule has 2 saturated heterocycles. The van der Waals surface area contributed by atoms with Crippen molar-refractivity contribution in [1.82, 2.24) is 4.90 Å². The molecule has 0 radical (unpaired) electrons. The molecule has 0 aromatic carbocycles. The summed E-state index contributed by atoms with van der Waals surface area (Å²) >= 11 is 0. The Balaban J connectivity index is 1.98. The van der Waals surface area contributed by atoms with Crippen molar-refractivity contribution in [3.05, 3.63) is 0 Å². The van der Waals surface area contributed by atoms with Crippen LogP contribution in [0.3, 0.4) is 0 Å². The third-order valence-electron chi connectivity index (χ3n) is 3.72. The number of piperidine rings is 2. The highest BCUT2D eigenvalue weighted by Crippen LogP contribution is 2.52. The molecule has 0 aromatic heterocycles. The highest BCUT2D eigenvalue weighted by atomic mass is 15.2. The first kappa shape index (κ1) is 7.60. The number of hydrogen-bond donors (Lipinski definition) is 0. The predicted octanol–water partition coefficient (Wildman–Crippen LogP) is 2.13. The van der Waals surface area contributed by atoms with Crippen LogP contribution >= 0.6 is 0 Å². The predicted molar refractivity (Wildman–Crippen MR) is 47.6 cm³/mol. The first-order valence-corrected chi connectivity index (χ1v) is 5.00. The van der Waals surface area contributed by atoms with E-state index in [1.165, 1.54) is 38.9 Å². The van der Waals surface area contributed by atoms with Crippen LogP contribution in [-0.4, -0.2) is 24.5 Å². The van der Waals surface area contributed by atoms with Gasteiger partial charge >= 0.3 is 0 Å². The number of rotatable bonds is 2. The Labute approximate surface area is 69.8 Å². The van der Waals surface area contributed by atoms with Gasteiger partial charge in [0.1, 0.15) is 0 Å². The molecular weight excluding hydrogens is 134 g/mol. The molecule has 1 heteroatoms. The van der Waals surface area contributed by atoms with Crippen molar-refractivity contribution in [1.29, 1.82) is 0 Å². The minimum absolute atomic E-state index is 0.763. The molecule has 2 heterocycles. The molecule has 0 unspecified atom stereocenters. The number of nitrogens with zero attached hydrogens (tertiary/aromatic N) is 1. The fourth-order valence-corrected chi connectivity index (χ4v) is 2.97. The summed E-state index contributed by atoms with van der Waals surface area (Å²) in [7, 11) is 0. The fraction of sp³-hybridized carbons (Fsp3) is 1.00. The molecule has 0 atom stereocenters. The first-order valence-electron chi connectivity index (χ1n) is 5.00. The molecule has 0 N–H and O–H groups in total. The highest BCUT2D eigenvalue weighted by molar-refractivity contribution is 5.00. The zero-order valence-corrected chi connectivity index (χ0v) is 7.77. The van der Waals surface area contributed by atoms with E-state index in [-0.39, 0.29) is 0 Å². The molecule has 0 amide bonds. The molecule has 1 aliphatic carbocycles. The second-order valence-electron chi connectivity index (χ2n) is 4.46. The van der Waals surface area contributed by atoms with Gasteiger partial charge < -0.3 is 4.90 Å². The third kappa shape index (κ3) is 1.10. The van der Waals surface area contributed by atoms with Gasteiger partial charge in [0.25, 0.3) is 0 Å². The summed E-state index contributed by atoms with van der Waals surface area (Å²) in [5.41, 5.74) is 0.763. The standard InChI is InChI=1S/C10H19N/c1-3-10-5-9(6-10)7-11(4-2)8-10/h9H,3-8H2,1-2H3. The molecule has 1 saturated carbocycles. The summed E-state index contributed by atoms with van der Waals surface area (Å²) in [6.07, 6.45) is 4.46. The molecule has 11 heavy (non-hydrogen) atoms. The van der Waals surface area contributed by atoms with Gasteiger partial charge in [-0.2, -0.15) is 0 Å². The van der Waals surface area contributed by atoms with Crippen LogP contribution in [0.15, 0.2) is 0 Å². The monoisotopic (exact) mass is 153 g/mol. The zero-order chi connectivity index (χ0) is 7.90. The quantitative estimate of drug-likeness (QED) is 0.587. The SMILES string of the molecule is CCN1CC2CC(CC)(C2)C1.